The summed E-state index contributed by atoms with van der Waals surface area (Å²) in [6.07, 6.45) is 2.28. The molecule has 0 saturated heterocycles. The molecule has 0 radical (unpaired) electrons. The molecule has 0 saturated carbocycles. The Morgan fingerprint density at radius 1 is 1.28 bits per heavy atom. The zero-order chi connectivity index (χ0) is 18.4. The lowest BCUT2D eigenvalue weighted by Crippen LogP contribution is -2.50. The van der Waals surface area contributed by atoms with Crippen molar-refractivity contribution in [2.75, 3.05) is 39.3 Å². The number of fused-ring (bicyclic) bond motifs is 1. The highest BCUT2D eigenvalue weighted by Gasteiger charge is 2.27. The molecule has 2 rings (SSSR count). The summed E-state index contributed by atoms with van der Waals surface area (Å²) < 4.78 is 38.6. The summed E-state index contributed by atoms with van der Waals surface area (Å²) in [5.41, 5.74) is 2.59. The van der Waals surface area contributed by atoms with Crippen LogP contribution in [0.2, 0.25) is 0 Å². The average molecular weight is 389 g/mol. The summed E-state index contributed by atoms with van der Waals surface area (Å²) in [4.78, 5) is 12.3. The van der Waals surface area contributed by atoms with Crippen molar-refractivity contribution in [3.63, 3.8) is 0 Å². The first-order valence-corrected chi connectivity index (χ1v) is 10.6. The molecule has 0 unspecified atom stereocenters. The summed E-state index contributed by atoms with van der Waals surface area (Å²) >= 11 is 1.54. The quantitative estimate of drug-likeness (QED) is 0.623. The maximum absolute atomic E-state index is 12.7. The number of carbonyl (C=O) groups is 1. The number of hydrogen-bond acceptors (Lipinski definition) is 7. The molecule has 0 fully saturated rings. The predicted octanol–water partition coefficient (Wildman–Crippen LogP) is 0.451. The van der Waals surface area contributed by atoms with Crippen LogP contribution in [0.5, 0.6) is 11.5 Å². The molecule has 2 N–H and O–H groups in total. The van der Waals surface area contributed by atoms with Crippen LogP contribution in [0.4, 0.5) is 0 Å². The molecule has 1 aliphatic heterocycles. The fourth-order valence-corrected chi connectivity index (χ4v) is 3.94. The highest BCUT2D eigenvalue weighted by Crippen LogP contribution is 2.32. The molecule has 0 bridgehead atoms. The number of hydrogen-bond donors (Lipinski definition) is 2. The van der Waals surface area contributed by atoms with Gasteiger partial charge < -0.3 is 9.47 Å². The third-order valence-corrected chi connectivity index (χ3v) is 5.50. The van der Waals surface area contributed by atoms with E-state index in [1.165, 1.54) is 17.1 Å². The lowest BCUT2D eigenvalue weighted by atomic mass is 10.2. The van der Waals surface area contributed by atoms with Crippen LogP contribution < -0.4 is 19.6 Å². The maximum atomic E-state index is 12.7. The molecule has 8 nitrogen and oxygen atoms in total. The van der Waals surface area contributed by atoms with Crippen LogP contribution in [0.25, 0.3) is 0 Å². The lowest BCUT2D eigenvalue weighted by Gasteiger charge is -2.22. The number of nitrogens with zero attached hydrogens (tertiary/aromatic N) is 1. The second-order valence-electron chi connectivity index (χ2n) is 5.63. The molecule has 0 aliphatic carbocycles. The molecule has 1 aromatic rings. The normalized spacial score (nSPS) is 15.0. The van der Waals surface area contributed by atoms with E-state index in [2.05, 4.69) is 10.1 Å². The van der Waals surface area contributed by atoms with Gasteiger partial charge in [0.1, 0.15) is 19.3 Å². The Balaban J connectivity index is 2.19. The Hall–Kier alpha value is -1.49. The molecular formula is C15H23N3O5S2. The van der Waals surface area contributed by atoms with Crippen LogP contribution in [-0.2, 0) is 14.8 Å². The van der Waals surface area contributed by atoms with Gasteiger partial charge in [-0.3, -0.25) is 10.2 Å². The average Bonchev–Trinajstić information content (AvgIpc) is 2.57. The van der Waals surface area contributed by atoms with Crippen LogP contribution in [-0.4, -0.2) is 64.7 Å². The van der Waals surface area contributed by atoms with E-state index >= 15 is 0 Å². The molecule has 10 heteroatoms. The zero-order valence-corrected chi connectivity index (χ0v) is 16.1. The summed E-state index contributed by atoms with van der Waals surface area (Å²) in [5, 5.41) is 1.48. The number of hydrazine groups is 1. The van der Waals surface area contributed by atoms with E-state index < -0.39 is 22.0 Å². The Morgan fingerprint density at radius 2 is 1.96 bits per heavy atom. The van der Waals surface area contributed by atoms with Crippen LogP contribution in [0.15, 0.2) is 23.1 Å². The number of carbonyl (C=O) groups excluding carboxylic acids is 1. The van der Waals surface area contributed by atoms with E-state index in [0.29, 0.717) is 36.9 Å². The van der Waals surface area contributed by atoms with E-state index in [4.69, 9.17) is 9.47 Å². The van der Waals surface area contributed by atoms with Gasteiger partial charge in [0, 0.05) is 20.2 Å². The molecule has 0 aromatic heterocycles. The first-order valence-electron chi connectivity index (χ1n) is 7.72. The smallest absolute Gasteiger partial charge is 0.252 e. The Morgan fingerprint density at radius 3 is 2.60 bits per heavy atom. The monoisotopic (exact) mass is 389 g/mol. The maximum Gasteiger partial charge on any atom is 0.252 e. The third kappa shape index (κ3) is 5.50. The number of sulfonamides is 1. The fourth-order valence-electron chi connectivity index (χ4n) is 2.22. The van der Waals surface area contributed by atoms with E-state index in [0.717, 1.165) is 0 Å². The fraction of sp³-hybridized carbons (Fsp3) is 0.533. The van der Waals surface area contributed by atoms with Crippen molar-refractivity contribution in [1.29, 1.82) is 0 Å². The van der Waals surface area contributed by atoms with Gasteiger partial charge in [-0.05, 0) is 30.6 Å². The van der Waals surface area contributed by atoms with Crippen molar-refractivity contribution in [3.8, 4) is 11.5 Å². The van der Waals surface area contributed by atoms with E-state index in [1.807, 2.05) is 6.26 Å². The topological polar surface area (TPSA) is 97.0 Å². The number of ether oxygens (including phenoxy) is 2. The van der Waals surface area contributed by atoms with Crippen LogP contribution in [0, 0.1) is 0 Å². The van der Waals surface area contributed by atoms with Crippen molar-refractivity contribution < 1.29 is 22.7 Å². The number of nitrogens with one attached hydrogen (secondary N) is 2. The summed E-state index contributed by atoms with van der Waals surface area (Å²) in [6, 6.07) is 3.53. The Kier molecular flexibility index (Phi) is 6.94. The number of rotatable bonds is 8. The molecule has 1 aliphatic rings. The van der Waals surface area contributed by atoms with Gasteiger partial charge in [-0.1, -0.05) is 0 Å². The number of benzene rings is 1. The van der Waals surface area contributed by atoms with Gasteiger partial charge in [0.05, 0.1) is 4.90 Å². The molecule has 140 valence electrons. The number of thioether (sulfide) groups is 1. The third-order valence-electron chi connectivity index (χ3n) is 3.38. The molecule has 1 amide bonds. The predicted molar refractivity (Wildman–Crippen MR) is 96.4 cm³/mol. The summed E-state index contributed by atoms with van der Waals surface area (Å²) in [6.45, 7) is 0.796. The van der Waals surface area contributed by atoms with Gasteiger partial charge in [-0.2, -0.15) is 16.5 Å². The lowest BCUT2D eigenvalue weighted by molar-refractivity contribution is -0.126. The van der Waals surface area contributed by atoms with E-state index in [-0.39, 0.29) is 4.90 Å². The minimum Gasteiger partial charge on any atom is -0.486 e. The number of amides is 1. The van der Waals surface area contributed by atoms with Gasteiger partial charge in [0.15, 0.2) is 11.5 Å². The van der Waals surface area contributed by atoms with Gasteiger partial charge >= 0.3 is 0 Å². The van der Waals surface area contributed by atoms with Gasteiger partial charge in [0.25, 0.3) is 5.91 Å². The second-order valence-corrected chi connectivity index (χ2v) is 8.33. The first kappa shape index (κ1) is 19.8. The summed E-state index contributed by atoms with van der Waals surface area (Å²) in [7, 11) is -0.547. The van der Waals surface area contributed by atoms with Crippen molar-refractivity contribution in [1.82, 2.24) is 15.2 Å². The molecule has 25 heavy (non-hydrogen) atoms. The molecular weight excluding hydrogens is 366 g/mol. The molecule has 1 heterocycles. The highest BCUT2D eigenvalue weighted by atomic mass is 32.2. The summed E-state index contributed by atoms with van der Waals surface area (Å²) in [5.74, 6) is 1.14. The van der Waals surface area contributed by atoms with Crippen LogP contribution in [0.3, 0.4) is 0 Å². The molecule has 0 spiro atoms. The van der Waals surface area contributed by atoms with Crippen molar-refractivity contribution in [3.05, 3.63) is 18.2 Å². The van der Waals surface area contributed by atoms with Crippen LogP contribution in [0.1, 0.15) is 6.42 Å². The Bertz CT molecular complexity index is 709. The van der Waals surface area contributed by atoms with Crippen LogP contribution >= 0.6 is 11.8 Å². The largest absolute Gasteiger partial charge is 0.486 e. The second kappa shape index (κ2) is 8.75. The van der Waals surface area contributed by atoms with Crippen molar-refractivity contribution in [2.45, 2.75) is 17.4 Å². The minimum atomic E-state index is -3.88. The first-order chi connectivity index (χ1) is 11.8. The van der Waals surface area contributed by atoms with Gasteiger partial charge in [-0.15, -0.1) is 0 Å². The molecule has 1 atom stereocenters. The zero-order valence-electron chi connectivity index (χ0n) is 14.4. The Labute approximate surface area is 152 Å². The highest BCUT2D eigenvalue weighted by molar-refractivity contribution is 7.98. The van der Waals surface area contributed by atoms with Gasteiger partial charge in [0.2, 0.25) is 10.0 Å². The SMILES string of the molecule is CSCC[C@@H](NS(=O)(=O)c1ccc2c(c1)OCCO2)C(=O)NN(C)C. The van der Waals surface area contributed by atoms with E-state index in [1.54, 1.807) is 31.9 Å². The van der Waals surface area contributed by atoms with Crippen molar-refractivity contribution in [2.24, 2.45) is 0 Å². The standard InChI is InChI=1S/C15H23N3O5S2/c1-18(2)16-15(19)12(6-9-24-3)17-25(20,21)11-4-5-13-14(10-11)23-8-7-22-13/h4-5,10,12,17H,6-9H2,1-3H3,(H,16,19)/t12-/m1/s1. The van der Waals surface area contributed by atoms with Crippen molar-refractivity contribution >= 4 is 27.7 Å². The van der Waals surface area contributed by atoms with E-state index in [9.17, 15) is 13.2 Å². The van der Waals surface area contributed by atoms with Gasteiger partial charge in [-0.25, -0.2) is 13.4 Å². The molecule has 1 aromatic carbocycles. The minimum absolute atomic E-state index is 0.0311.